The monoisotopic (exact) mass is 371 g/mol. The summed E-state index contributed by atoms with van der Waals surface area (Å²) in [4.78, 5) is 23.8. The number of halogens is 4. The molecule has 0 aliphatic heterocycles. The van der Waals surface area contributed by atoms with E-state index in [0.29, 0.717) is 32.3 Å². The minimum Gasteiger partial charge on any atom is -0.275 e. The zero-order valence-corrected chi connectivity index (χ0v) is 13.7. The summed E-state index contributed by atoms with van der Waals surface area (Å²) >= 11 is 23.7. The first-order valence-corrected chi connectivity index (χ1v) is 7.44. The number of pyridine rings is 1. The third-order valence-electron chi connectivity index (χ3n) is 2.94. The number of rotatable bonds is 2. The van der Waals surface area contributed by atoms with Crippen molar-refractivity contribution in [3.05, 3.63) is 51.4 Å². The highest BCUT2D eigenvalue weighted by molar-refractivity contribution is 6.69. The maximum absolute atomic E-state index is 11.3. The number of carbonyl (C=O) groups is 1. The summed E-state index contributed by atoms with van der Waals surface area (Å²) in [6.45, 7) is 0. The summed E-state index contributed by atoms with van der Waals surface area (Å²) in [6, 6.07) is 5.01. The van der Waals surface area contributed by atoms with Crippen molar-refractivity contribution in [1.29, 1.82) is 0 Å². The topological polar surface area (TPSA) is 55.7 Å². The Hall–Kier alpha value is -1.46. The van der Waals surface area contributed by atoms with E-state index in [0.717, 1.165) is 0 Å². The molecule has 2 heterocycles. The second-order valence-electron chi connectivity index (χ2n) is 4.34. The Morgan fingerprint density at radius 1 is 0.909 bits per heavy atom. The van der Waals surface area contributed by atoms with E-state index in [9.17, 15) is 4.79 Å². The summed E-state index contributed by atoms with van der Waals surface area (Å²) < 4.78 is 0. The summed E-state index contributed by atoms with van der Waals surface area (Å²) in [5.74, 6) is 0. The highest BCUT2D eigenvalue weighted by Gasteiger charge is 2.17. The van der Waals surface area contributed by atoms with Crippen molar-refractivity contribution in [2.75, 3.05) is 0 Å². The molecular formula is C14H5Cl4N3O. The quantitative estimate of drug-likeness (QED) is 0.592. The molecule has 0 bridgehead atoms. The molecule has 0 saturated heterocycles. The molecule has 0 radical (unpaired) electrons. The van der Waals surface area contributed by atoms with Crippen LogP contribution in [-0.2, 0) is 0 Å². The van der Waals surface area contributed by atoms with Gasteiger partial charge in [0, 0.05) is 21.8 Å². The zero-order valence-electron chi connectivity index (χ0n) is 10.6. The number of aromatic nitrogens is 3. The molecule has 3 aromatic rings. The van der Waals surface area contributed by atoms with E-state index in [4.69, 9.17) is 46.4 Å². The first-order chi connectivity index (χ1) is 10.5. The van der Waals surface area contributed by atoms with E-state index in [1.54, 1.807) is 18.2 Å². The van der Waals surface area contributed by atoms with Gasteiger partial charge in [-0.2, -0.15) is 0 Å². The second-order valence-corrected chi connectivity index (χ2v) is 5.93. The van der Waals surface area contributed by atoms with Gasteiger partial charge in [-0.05, 0) is 29.8 Å². The minimum atomic E-state index is -0.703. The van der Waals surface area contributed by atoms with Crippen LogP contribution in [0.4, 0.5) is 0 Å². The zero-order chi connectivity index (χ0) is 15.9. The van der Waals surface area contributed by atoms with Crippen LogP contribution >= 0.6 is 46.4 Å². The van der Waals surface area contributed by atoms with E-state index in [-0.39, 0.29) is 10.6 Å². The lowest BCUT2D eigenvalue weighted by molar-refractivity contribution is 0.108. The molecule has 4 nitrogen and oxygen atoms in total. The smallest absolute Gasteiger partial charge is 0.255 e. The first-order valence-electron chi connectivity index (χ1n) is 5.93. The predicted molar refractivity (Wildman–Crippen MR) is 88.0 cm³/mol. The van der Waals surface area contributed by atoms with Gasteiger partial charge < -0.3 is 0 Å². The summed E-state index contributed by atoms with van der Waals surface area (Å²) in [5, 5.41) is 0.355. The third kappa shape index (κ3) is 2.75. The average Bonchev–Trinajstić information content (AvgIpc) is 2.45. The molecule has 22 heavy (non-hydrogen) atoms. The molecule has 0 saturated carbocycles. The maximum Gasteiger partial charge on any atom is 0.255 e. The molecule has 3 rings (SSSR count). The Morgan fingerprint density at radius 3 is 2.23 bits per heavy atom. The summed E-state index contributed by atoms with van der Waals surface area (Å²) in [7, 11) is 0. The van der Waals surface area contributed by atoms with E-state index >= 15 is 0 Å². The summed E-state index contributed by atoms with van der Waals surface area (Å²) in [5.41, 5.74) is 2.01. The van der Waals surface area contributed by atoms with Gasteiger partial charge in [-0.15, -0.1) is 0 Å². The number of benzene rings is 1. The number of carbonyl (C=O) groups excluding carboxylic acids is 1. The van der Waals surface area contributed by atoms with Crippen molar-refractivity contribution >= 4 is 62.7 Å². The second kappa shape index (κ2) is 5.97. The van der Waals surface area contributed by atoms with Gasteiger partial charge in [-0.1, -0.05) is 34.8 Å². The molecule has 1 aromatic carbocycles. The van der Waals surface area contributed by atoms with Crippen LogP contribution in [0, 0.1) is 0 Å². The van der Waals surface area contributed by atoms with Gasteiger partial charge in [0.1, 0.15) is 23.1 Å². The predicted octanol–water partition coefficient (Wildman–Crippen LogP) is 5.03. The fraction of sp³-hybridized carbons (Fsp3) is 0. The lowest BCUT2D eigenvalue weighted by atomic mass is 10.1. The number of nitrogens with zero attached hydrogens (tertiary/aromatic N) is 3. The SMILES string of the molecule is O=C(Cl)c1cnc2c(-c3cc(Cl)cc(Cl)c3)ncnc2c1Cl. The van der Waals surface area contributed by atoms with Crippen LogP contribution in [0.1, 0.15) is 10.4 Å². The fourth-order valence-corrected chi connectivity index (χ4v) is 3.00. The van der Waals surface area contributed by atoms with Crippen LogP contribution in [0.25, 0.3) is 22.3 Å². The van der Waals surface area contributed by atoms with Gasteiger partial charge in [-0.3, -0.25) is 9.78 Å². The van der Waals surface area contributed by atoms with E-state index in [1.165, 1.54) is 12.5 Å². The average molecular weight is 373 g/mol. The van der Waals surface area contributed by atoms with Crippen molar-refractivity contribution < 1.29 is 4.79 Å². The summed E-state index contributed by atoms with van der Waals surface area (Å²) in [6.07, 6.45) is 2.61. The van der Waals surface area contributed by atoms with Crippen LogP contribution in [0.5, 0.6) is 0 Å². The Morgan fingerprint density at radius 2 is 1.59 bits per heavy atom. The molecule has 0 aliphatic carbocycles. The first kappa shape index (κ1) is 15.4. The Labute approximate surface area is 145 Å². The van der Waals surface area contributed by atoms with Gasteiger partial charge in [-0.25, -0.2) is 9.97 Å². The van der Waals surface area contributed by atoms with Gasteiger partial charge in [0.2, 0.25) is 0 Å². The van der Waals surface area contributed by atoms with Crippen molar-refractivity contribution in [3.8, 4) is 11.3 Å². The molecule has 0 fully saturated rings. The van der Waals surface area contributed by atoms with Crippen LogP contribution in [-0.4, -0.2) is 20.2 Å². The Balaban J connectivity index is 2.32. The van der Waals surface area contributed by atoms with Crippen LogP contribution in [0.15, 0.2) is 30.7 Å². The molecule has 0 unspecified atom stereocenters. The molecule has 0 aliphatic rings. The van der Waals surface area contributed by atoms with Crippen LogP contribution < -0.4 is 0 Å². The molecule has 8 heteroatoms. The van der Waals surface area contributed by atoms with Gasteiger partial charge in [0.15, 0.2) is 0 Å². The molecule has 0 N–H and O–H groups in total. The van der Waals surface area contributed by atoms with E-state index < -0.39 is 5.24 Å². The largest absolute Gasteiger partial charge is 0.275 e. The molecule has 2 aromatic heterocycles. The molecule has 110 valence electrons. The maximum atomic E-state index is 11.3. The van der Waals surface area contributed by atoms with Crippen molar-refractivity contribution in [2.24, 2.45) is 0 Å². The van der Waals surface area contributed by atoms with Crippen molar-refractivity contribution in [3.63, 3.8) is 0 Å². The van der Waals surface area contributed by atoms with Crippen LogP contribution in [0.3, 0.4) is 0 Å². The fourth-order valence-electron chi connectivity index (χ4n) is 2.01. The van der Waals surface area contributed by atoms with Crippen molar-refractivity contribution in [1.82, 2.24) is 15.0 Å². The molecule has 0 spiro atoms. The van der Waals surface area contributed by atoms with Gasteiger partial charge in [0.25, 0.3) is 5.24 Å². The lowest BCUT2D eigenvalue weighted by Crippen LogP contribution is -1.98. The highest BCUT2D eigenvalue weighted by Crippen LogP contribution is 2.32. The normalized spacial score (nSPS) is 10.9. The molecule has 0 amide bonds. The Bertz CT molecular complexity index is 894. The molecular weight excluding hydrogens is 368 g/mol. The van der Waals surface area contributed by atoms with E-state index in [2.05, 4.69) is 15.0 Å². The van der Waals surface area contributed by atoms with Gasteiger partial charge in [0.05, 0.1) is 10.6 Å². The number of hydrogen-bond acceptors (Lipinski definition) is 4. The number of fused-ring (bicyclic) bond motifs is 1. The van der Waals surface area contributed by atoms with Crippen LogP contribution in [0.2, 0.25) is 15.1 Å². The van der Waals surface area contributed by atoms with Gasteiger partial charge >= 0.3 is 0 Å². The standard InChI is InChI=1S/C14H5Cl4N3O/c15-7-1-6(2-8(16)3-7)11-13-12(21-5-20-11)10(17)9(4-19-13)14(18)22/h1-5H. The third-order valence-corrected chi connectivity index (χ3v) is 3.96. The minimum absolute atomic E-state index is 0.0876. The lowest BCUT2D eigenvalue weighted by Gasteiger charge is -2.08. The highest BCUT2D eigenvalue weighted by atomic mass is 35.5. The molecule has 0 atom stereocenters. The Kier molecular flexibility index (Phi) is 4.19. The number of hydrogen-bond donors (Lipinski definition) is 0. The van der Waals surface area contributed by atoms with Crippen molar-refractivity contribution in [2.45, 2.75) is 0 Å². The van der Waals surface area contributed by atoms with E-state index in [1.807, 2.05) is 0 Å².